The predicted molar refractivity (Wildman–Crippen MR) is 118 cm³/mol. The molecule has 7 nitrogen and oxygen atoms in total. The Morgan fingerprint density at radius 1 is 0.839 bits per heavy atom. The molecule has 2 aromatic rings. The maximum absolute atomic E-state index is 10.7. The number of hydrogen-bond acceptors (Lipinski definition) is 7. The Morgan fingerprint density at radius 3 is 1.97 bits per heavy atom. The standard InChI is InChI=1S/C24H34O7/c1-5-17(10-15-7-9-19(26)21(11-15)29-2)20(27)14-18(25)8-6-16-12-22(30-3)24(28)23(13-16)31-4/h7,9,11-13,17-18,20,25-28H,5-6,8,10,14H2,1-4H3. The minimum absolute atomic E-state index is 0.0299. The van der Waals surface area contributed by atoms with Gasteiger partial charge in [0.05, 0.1) is 33.5 Å². The molecule has 0 fully saturated rings. The Kier molecular flexibility index (Phi) is 9.27. The fourth-order valence-corrected chi connectivity index (χ4v) is 3.72. The zero-order chi connectivity index (χ0) is 23.0. The van der Waals surface area contributed by atoms with Crippen molar-refractivity contribution < 1.29 is 34.6 Å². The number of rotatable bonds is 12. The molecular weight excluding hydrogens is 400 g/mol. The van der Waals surface area contributed by atoms with Crippen LogP contribution in [0.4, 0.5) is 0 Å². The molecule has 2 rings (SSSR count). The molecule has 4 N–H and O–H groups in total. The van der Waals surface area contributed by atoms with E-state index in [1.54, 1.807) is 24.3 Å². The number of aryl methyl sites for hydroxylation is 1. The fraction of sp³-hybridized carbons (Fsp3) is 0.500. The lowest BCUT2D eigenvalue weighted by Gasteiger charge is -2.24. The molecule has 3 atom stereocenters. The van der Waals surface area contributed by atoms with Crippen LogP contribution in [0, 0.1) is 5.92 Å². The molecule has 0 spiro atoms. The molecule has 0 aliphatic heterocycles. The van der Waals surface area contributed by atoms with Crippen molar-refractivity contribution in [1.82, 2.24) is 0 Å². The smallest absolute Gasteiger partial charge is 0.200 e. The van der Waals surface area contributed by atoms with Crippen LogP contribution in [-0.2, 0) is 12.8 Å². The number of hydrogen-bond donors (Lipinski definition) is 4. The van der Waals surface area contributed by atoms with Gasteiger partial charge < -0.3 is 34.6 Å². The van der Waals surface area contributed by atoms with E-state index in [1.165, 1.54) is 21.3 Å². The molecule has 7 heteroatoms. The van der Waals surface area contributed by atoms with Gasteiger partial charge in [0, 0.05) is 0 Å². The highest BCUT2D eigenvalue weighted by atomic mass is 16.5. The SMILES string of the molecule is CCC(Cc1ccc(O)c(OC)c1)C(O)CC(O)CCc1cc(OC)c(O)c(OC)c1. The van der Waals surface area contributed by atoms with Crippen molar-refractivity contribution in [2.45, 2.75) is 51.2 Å². The van der Waals surface area contributed by atoms with Crippen molar-refractivity contribution in [2.24, 2.45) is 5.92 Å². The van der Waals surface area contributed by atoms with E-state index in [9.17, 15) is 20.4 Å². The van der Waals surface area contributed by atoms with E-state index in [4.69, 9.17) is 14.2 Å². The molecule has 0 radical (unpaired) electrons. The first-order valence-electron chi connectivity index (χ1n) is 10.5. The summed E-state index contributed by atoms with van der Waals surface area (Å²) in [5, 5.41) is 41.0. The summed E-state index contributed by atoms with van der Waals surface area (Å²) >= 11 is 0. The molecule has 0 saturated carbocycles. The van der Waals surface area contributed by atoms with Crippen LogP contribution in [0.1, 0.15) is 37.3 Å². The van der Waals surface area contributed by atoms with Crippen molar-refractivity contribution in [3.63, 3.8) is 0 Å². The summed E-state index contributed by atoms with van der Waals surface area (Å²) in [7, 11) is 4.44. The van der Waals surface area contributed by atoms with Crippen molar-refractivity contribution in [3.05, 3.63) is 41.5 Å². The molecule has 0 aromatic heterocycles. The number of aliphatic hydroxyl groups is 2. The molecule has 0 aliphatic carbocycles. The Balaban J connectivity index is 1.95. The summed E-state index contributed by atoms with van der Waals surface area (Å²) in [6.07, 6.45) is 1.30. The third kappa shape index (κ3) is 6.67. The molecule has 0 aliphatic rings. The zero-order valence-electron chi connectivity index (χ0n) is 18.7. The number of phenols is 2. The number of aliphatic hydroxyl groups excluding tert-OH is 2. The first-order chi connectivity index (χ1) is 14.8. The molecule has 2 aromatic carbocycles. The van der Waals surface area contributed by atoms with Gasteiger partial charge in [0.2, 0.25) is 5.75 Å². The zero-order valence-corrected chi connectivity index (χ0v) is 18.7. The molecule has 0 heterocycles. The monoisotopic (exact) mass is 434 g/mol. The van der Waals surface area contributed by atoms with Gasteiger partial charge in [-0.3, -0.25) is 0 Å². The molecule has 172 valence electrons. The maximum Gasteiger partial charge on any atom is 0.200 e. The lowest BCUT2D eigenvalue weighted by Crippen LogP contribution is -2.27. The van der Waals surface area contributed by atoms with E-state index in [1.807, 2.05) is 13.0 Å². The number of aromatic hydroxyl groups is 2. The summed E-state index contributed by atoms with van der Waals surface area (Å²) in [6, 6.07) is 8.60. The van der Waals surface area contributed by atoms with Gasteiger partial charge in [0.1, 0.15) is 0 Å². The average molecular weight is 435 g/mol. The van der Waals surface area contributed by atoms with Gasteiger partial charge in [-0.25, -0.2) is 0 Å². The van der Waals surface area contributed by atoms with Gasteiger partial charge in [-0.15, -0.1) is 0 Å². The van der Waals surface area contributed by atoms with Crippen LogP contribution in [0.5, 0.6) is 28.7 Å². The van der Waals surface area contributed by atoms with E-state index < -0.39 is 12.2 Å². The van der Waals surface area contributed by atoms with Crippen LogP contribution in [0.2, 0.25) is 0 Å². The number of methoxy groups -OCH3 is 3. The van der Waals surface area contributed by atoms with Crippen molar-refractivity contribution in [1.29, 1.82) is 0 Å². The fourth-order valence-electron chi connectivity index (χ4n) is 3.72. The van der Waals surface area contributed by atoms with Gasteiger partial charge in [-0.05, 0) is 67.0 Å². The lowest BCUT2D eigenvalue weighted by molar-refractivity contribution is 0.0390. The quantitative estimate of drug-likeness (QED) is 0.405. The second-order valence-corrected chi connectivity index (χ2v) is 7.72. The molecule has 31 heavy (non-hydrogen) atoms. The third-order valence-electron chi connectivity index (χ3n) is 5.63. The van der Waals surface area contributed by atoms with Crippen LogP contribution < -0.4 is 14.2 Å². The van der Waals surface area contributed by atoms with Crippen LogP contribution in [0.25, 0.3) is 0 Å². The Labute approximate surface area is 183 Å². The van der Waals surface area contributed by atoms with Gasteiger partial charge in [0.25, 0.3) is 0 Å². The Hall–Kier alpha value is -2.64. The number of ether oxygens (including phenoxy) is 3. The first kappa shape index (κ1) is 24.6. The number of phenolic OH excluding ortho intramolecular Hbond substituents is 2. The van der Waals surface area contributed by atoms with Crippen LogP contribution in [0.15, 0.2) is 30.3 Å². The second-order valence-electron chi connectivity index (χ2n) is 7.72. The van der Waals surface area contributed by atoms with Crippen molar-refractivity contribution >= 4 is 0 Å². The van der Waals surface area contributed by atoms with Gasteiger partial charge in [-0.1, -0.05) is 19.4 Å². The van der Waals surface area contributed by atoms with E-state index >= 15 is 0 Å². The van der Waals surface area contributed by atoms with E-state index in [0.29, 0.717) is 36.5 Å². The Morgan fingerprint density at radius 2 is 1.42 bits per heavy atom. The predicted octanol–water partition coefficient (Wildman–Crippen LogP) is 3.44. The molecule has 0 amide bonds. The van der Waals surface area contributed by atoms with Crippen molar-refractivity contribution in [3.8, 4) is 28.7 Å². The highest BCUT2D eigenvalue weighted by Crippen LogP contribution is 2.37. The largest absolute Gasteiger partial charge is 0.504 e. The maximum atomic E-state index is 10.7. The minimum Gasteiger partial charge on any atom is -0.504 e. The van der Waals surface area contributed by atoms with Crippen molar-refractivity contribution in [2.75, 3.05) is 21.3 Å². The summed E-state index contributed by atoms with van der Waals surface area (Å²) < 4.78 is 15.5. The van der Waals surface area contributed by atoms with Gasteiger partial charge >= 0.3 is 0 Å². The average Bonchev–Trinajstić information content (AvgIpc) is 2.77. The van der Waals surface area contributed by atoms with Crippen LogP contribution in [0.3, 0.4) is 0 Å². The minimum atomic E-state index is -0.677. The lowest BCUT2D eigenvalue weighted by atomic mass is 9.88. The van der Waals surface area contributed by atoms with Gasteiger partial charge in [-0.2, -0.15) is 0 Å². The van der Waals surface area contributed by atoms with E-state index in [0.717, 1.165) is 17.5 Å². The molecule has 3 unspecified atom stereocenters. The molecule has 0 saturated heterocycles. The third-order valence-corrected chi connectivity index (χ3v) is 5.63. The summed E-state index contributed by atoms with van der Waals surface area (Å²) in [4.78, 5) is 0. The highest BCUT2D eigenvalue weighted by molar-refractivity contribution is 5.52. The summed E-state index contributed by atoms with van der Waals surface area (Å²) in [5.41, 5.74) is 1.82. The summed E-state index contributed by atoms with van der Waals surface area (Å²) in [5.74, 6) is 1.04. The topological polar surface area (TPSA) is 109 Å². The van der Waals surface area contributed by atoms with Crippen LogP contribution >= 0.6 is 0 Å². The van der Waals surface area contributed by atoms with Gasteiger partial charge in [0.15, 0.2) is 23.0 Å². The van der Waals surface area contributed by atoms with E-state index in [-0.39, 0.29) is 23.8 Å². The normalized spacial score (nSPS) is 14.0. The van der Waals surface area contributed by atoms with E-state index in [2.05, 4.69) is 0 Å². The molecule has 0 bridgehead atoms. The Bertz CT molecular complexity index is 812. The number of benzene rings is 2. The van der Waals surface area contributed by atoms with Crippen LogP contribution in [-0.4, -0.2) is 54.0 Å². The summed E-state index contributed by atoms with van der Waals surface area (Å²) in [6.45, 7) is 2.01. The second kappa shape index (κ2) is 11.7. The molecular formula is C24H34O7. The highest BCUT2D eigenvalue weighted by Gasteiger charge is 2.22. The first-order valence-corrected chi connectivity index (χ1v) is 10.5.